The molecule has 2 aromatic rings. The van der Waals surface area contributed by atoms with Crippen LogP contribution in [0.5, 0.6) is 17.2 Å². The molecule has 1 heterocycles. The minimum Gasteiger partial charge on any atom is -0.493 e. The average Bonchev–Trinajstić information content (AvgIpc) is 2.77. The van der Waals surface area contributed by atoms with Gasteiger partial charge in [0.05, 0.1) is 27.0 Å². The van der Waals surface area contributed by atoms with Gasteiger partial charge in [0, 0.05) is 23.6 Å². The maximum Gasteiger partial charge on any atom is 0.228 e. The van der Waals surface area contributed by atoms with Gasteiger partial charge in [0.25, 0.3) is 0 Å². The summed E-state index contributed by atoms with van der Waals surface area (Å²) in [5, 5.41) is -0.0349. The second kappa shape index (κ2) is 7.27. The predicted molar refractivity (Wildman–Crippen MR) is 99.2 cm³/mol. The maximum absolute atomic E-state index is 12.6. The van der Waals surface area contributed by atoms with Crippen molar-refractivity contribution in [2.45, 2.75) is 16.6 Å². The first-order chi connectivity index (χ1) is 12.1. The van der Waals surface area contributed by atoms with E-state index in [9.17, 15) is 4.79 Å². The summed E-state index contributed by atoms with van der Waals surface area (Å²) in [6.45, 7) is 0. The quantitative estimate of drug-likeness (QED) is 0.828. The molecular weight excluding hydrogens is 338 g/mol. The molecule has 1 atom stereocenters. The zero-order valence-electron chi connectivity index (χ0n) is 14.7. The number of anilines is 1. The van der Waals surface area contributed by atoms with Gasteiger partial charge in [-0.3, -0.25) is 4.79 Å². The highest BCUT2D eigenvalue weighted by Gasteiger charge is 2.28. The number of carbonyl (C=O) groups excluding carboxylic acids is 1. The van der Waals surface area contributed by atoms with Crippen molar-refractivity contribution in [1.82, 2.24) is 0 Å². The molecule has 6 heteroatoms. The molecule has 5 nitrogen and oxygen atoms in total. The van der Waals surface area contributed by atoms with Gasteiger partial charge < -0.3 is 19.1 Å². The normalized spacial score (nSPS) is 16.9. The minimum absolute atomic E-state index is 0.0349. The van der Waals surface area contributed by atoms with E-state index in [1.54, 1.807) is 38.0 Å². The molecule has 132 valence electrons. The molecular formula is C19H21NO4S. The van der Waals surface area contributed by atoms with Gasteiger partial charge in [0.15, 0.2) is 11.5 Å². The number of thioether (sulfide) groups is 1. The zero-order chi connectivity index (χ0) is 18.0. The van der Waals surface area contributed by atoms with Gasteiger partial charge >= 0.3 is 0 Å². The van der Waals surface area contributed by atoms with Crippen LogP contribution in [-0.4, -0.2) is 34.3 Å². The molecule has 0 bridgehead atoms. The number of hydrogen-bond acceptors (Lipinski definition) is 5. The van der Waals surface area contributed by atoms with Crippen molar-refractivity contribution in [2.75, 3.05) is 33.3 Å². The number of amides is 1. The third-order valence-electron chi connectivity index (χ3n) is 4.29. The van der Waals surface area contributed by atoms with Gasteiger partial charge in [0.2, 0.25) is 11.7 Å². The minimum atomic E-state index is -0.0349. The first kappa shape index (κ1) is 17.5. The Labute approximate surface area is 151 Å². The van der Waals surface area contributed by atoms with Gasteiger partial charge in [-0.15, -0.1) is 11.8 Å². The van der Waals surface area contributed by atoms with Crippen molar-refractivity contribution in [3.63, 3.8) is 0 Å². The highest BCUT2D eigenvalue weighted by atomic mass is 32.2. The Bertz CT molecular complexity index is 768. The van der Waals surface area contributed by atoms with Gasteiger partial charge in [0.1, 0.15) is 0 Å². The lowest BCUT2D eigenvalue weighted by molar-refractivity contribution is -0.118. The lowest BCUT2D eigenvalue weighted by atomic mass is 10.1. The van der Waals surface area contributed by atoms with Crippen molar-refractivity contribution in [3.8, 4) is 17.2 Å². The number of ether oxygens (including phenoxy) is 3. The van der Waals surface area contributed by atoms with E-state index in [4.69, 9.17) is 14.2 Å². The predicted octanol–water partition coefficient (Wildman–Crippen LogP) is 3.91. The van der Waals surface area contributed by atoms with Crippen LogP contribution in [0.3, 0.4) is 0 Å². The standard InChI is InChI=1S/C19H21NO4S/c1-20-13-7-5-6-8-16(13)25-17(11-18(20)21)12-9-14(22-2)19(24-4)15(10-12)23-3/h5-10,17H,11H2,1-4H3. The number of fused-ring (bicyclic) bond motifs is 1. The zero-order valence-corrected chi connectivity index (χ0v) is 15.6. The molecule has 0 fully saturated rings. The molecule has 25 heavy (non-hydrogen) atoms. The van der Waals surface area contributed by atoms with Gasteiger partial charge in [-0.2, -0.15) is 0 Å². The molecule has 0 radical (unpaired) electrons. The third kappa shape index (κ3) is 3.26. The topological polar surface area (TPSA) is 48.0 Å². The molecule has 3 rings (SSSR count). The monoisotopic (exact) mass is 359 g/mol. The van der Waals surface area contributed by atoms with Crippen LogP contribution >= 0.6 is 11.8 Å². The Hall–Kier alpha value is -2.34. The van der Waals surface area contributed by atoms with Crippen molar-refractivity contribution in [3.05, 3.63) is 42.0 Å². The smallest absolute Gasteiger partial charge is 0.228 e. The van der Waals surface area contributed by atoms with Crippen LogP contribution < -0.4 is 19.1 Å². The Kier molecular flexibility index (Phi) is 5.08. The summed E-state index contributed by atoms with van der Waals surface area (Å²) in [6.07, 6.45) is 0.397. The molecule has 0 N–H and O–H groups in total. The molecule has 0 aromatic heterocycles. The third-order valence-corrected chi connectivity index (χ3v) is 5.61. The summed E-state index contributed by atoms with van der Waals surface area (Å²) in [5.41, 5.74) is 1.91. The summed E-state index contributed by atoms with van der Waals surface area (Å²) < 4.78 is 16.3. The van der Waals surface area contributed by atoms with Crippen LogP contribution in [0.4, 0.5) is 5.69 Å². The van der Waals surface area contributed by atoms with Gasteiger partial charge in [-0.05, 0) is 29.8 Å². The van der Waals surface area contributed by atoms with Crippen molar-refractivity contribution in [2.24, 2.45) is 0 Å². The average molecular weight is 359 g/mol. The number of nitrogens with zero attached hydrogens (tertiary/aromatic N) is 1. The highest BCUT2D eigenvalue weighted by molar-refractivity contribution is 7.99. The van der Waals surface area contributed by atoms with E-state index in [-0.39, 0.29) is 11.2 Å². The molecule has 1 unspecified atom stereocenters. The Balaban J connectivity index is 2.06. The summed E-state index contributed by atoms with van der Waals surface area (Å²) >= 11 is 1.68. The largest absolute Gasteiger partial charge is 0.493 e. The first-order valence-corrected chi connectivity index (χ1v) is 8.79. The number of methoxy groups -OCH3 is 3. The Morgan fingerprint density at radius 2 is 1.68 bits per heavy atom. The molecule has 0 spiro atoms. The van der Waals surface area contributed by atoms with Gasteiger partial charge in [-0.25, -0.2) is 0 Å². The van der Waals surface area contributed by atoms with Crippen molar-refractivity contribution >= 4 is 23.4 Å². The second-order valence-electron chi connectivity index (χ2n) is 5.69. The summed E-state index contributed by atoms with van der Waals surface area (Å²) in [4.78, 5) is 15.4. The Morgan fingerprint density at radius 3 is 2.28 bits per heavy atom. The van der Waals surface area contributed by atoms with Crippen LogP contribution in [0.1, 0.15) is 17.2 Å². The number of para-hydroxylation sites is 1. The van der Waals surface area contributed by atoms with E-state index in [0.717, 1.165) is 16.1 Å². The molecule has 0 saturated heterocycles. The van der Waals surface area contributed by atoms with E-state index in [1.165, 1.54) is 0 Å². The molecule has 1 aliphatic heterocycles. The number of carbonyl (C=O) groups is 1. The van der Waals surface area contributed by atoms with Crippen molar-refractivity contribution < 1.29 is 19.0 Å². The first-order valence-electron chi connectivity index (χ1n) is 7.91. The fraction of sp³-hybridized carbons (Fsp3) is 0.316. The van der Waals surface area contributed by atoms with E-state index in [0.29, 0.717) is 23.7 Å². The molecule has 0 saturated carbocycles. The van der Waals surface area contributed by atoms with Crippen LogP contribution in [0.25, 0.3) is 0 Å². The van der Waals surface area contributed by atoms with E-state index >= 15 is 0 Å². The van der Waals surface area contributed by atoms with Crippen LogP contribution in [-0.2, 0) is 4.79 Å². The van der Waals surface area contributed by atoms with E-state index in [1.807, 2.05) is 43.4 Å². The summed E-state index contributed by atoms with van der Waals surface area (Å²) in [7, 11) is 6.58. The maximum atomic E-state index is 12.6. The number of rotatable bonds is 4. The van der Waals surface area contributed by atoms with Crippen LogP contribution in [0, 0.1) is 0 Å². The van der Waals surface area contributed by atoms with E-state index < -0.39 is 0 Å². The fourth-order valence-corrected chi connectivity index (χ4v) is 4.22. The summed E-state index contributed by atoms with van der Waals surface area (Å²) in [6, 6.07) is 11.8. The molecule has 0 aliphatic carbocycles. The lowest BCUT2D eigenvalue weighted by Crippen LogP contribution is -2.25. The lowest BCUT2D eigenvalue weighted by Gasteiger charge is -2.18. The highest BCUT2D eigenvalue weighted by Crippen LogP contribution is 2.48. The molecule has 1 amide bonds. The SMILES string of the molecule is COc1cc(C2CC(=O)N(C)c3ccccc3S2)cc(OC)c1OC. The number of benzene rings is 2. The fourth-order valence-electron chi connectivity index (χ4n) is 2.93. The molecule has 1 aliphatic rings. The number of hydrogen-bond donors (Lipinski definition) is 0. The van der Waals surface area contributed by atoms with Crippen molar-refractivity contribution in [1.29, 1.82) is 0 Å². The second-order valence-corrected chi connectivity index (χ2v) is 6.93. The molecule has 2 aromatic carbocycles. The Morgan fingerprint density at radius 1 is 1.04 bits per heavy atom. The van der Waals surface area contributed by atoms with Crippen LogP contribution in [0.15, 0.2) is 41.3 Å². The van der Waals surface area contributed by atoms with Gasteiger partial charge in [-0.1, -0.05) is 12.1 Å². The van der Waals surface area contributed by atoms with E-state index in [2.05, 4.69) is 0 Å². The summed E-state index contributed by atoms with van der Waals surface area (Å²) in [5.74, 6) is 1.82. The van der Waals surface area contributed by atoms with Crippen LogP contribution in [0.2, 0.25) is 0 Å².